The second-order valence-electron chi connectivity index (χ2n) is 5.64. The van der Waals surface area contributed by atoms with E-state index < -0.39 is 0 Å². The highest BCUT2D eigenvalue weighted by molar-refractivity contribution is 5.44. The van der Waals surface area contributed by atoms with E-state index >= 15 is 0 Å². The van der Waals surface area contributed by atoms with Crippen molar-refractivity contribution in [3.05, 3.63) is 47.9 Å². The van der Waals surface area contributed by atoms with Crippen LogP contribution in [-0.2, 0) is 0 Å². The van der Waals surface area contributed by atoms with Crippen molar-refractivity contribution in [3.63, 3.8) is 0 Å². The number of hydrogen-bond donors (Lipinski definition) is 1. The predicted octanol–water partition coefficient (Wildman–Crippen LogP) is 3.05. The Morgan fingerprint density at radius 3 is 2.78 bits per heavy atom. The first kappa shape index (κ1) is 15.3. The van der Waals surface area contributed by atoms with Crippen LogP contribution in [-0.4, -0.2) is 33.2 Å². The fourth-order valence-corrected chi connectivity index (χ4v) is 2.57. The molecule has 1 aromatic carbocycles. The van der Waals surface area contributed by atoms with E-state index in [4.69, 9.17) is 4.74 Å². The Hall–Kier alpha value is -2.63. The number of anilines is 1. The standard InChI is InChI=1S/C17H21N5O/c1-12(14-4-6-15(23-3)7-5-14)8-9-18-16-10-13(2)21-17-19-11-20-22(16)17/h4-7,10-12,18H,8-9H2,1-3H3. The summed E-state index contributed by atoms with van der Waals surface area (Å²) in [4.78, 5) is 8.48. The highest BCUT2D eigenvalue weighted by Gasteiger charge is 2.08. The van der Waals surface area contributed by atoms with Gasteiger partial charge in [-0.1, -0.05) is 19.1 Å². The van der Waals surface area contributed by atoms with Crippen LogP contribution < -0.4 is 10.1 Å². The van der Waals surface area contributed by atoms with Gasteiger partial charge in [0.25, 0.3) is 5.78 Å². The summed E-state index contributed by atoms with van der Waals surface area (Å²) in [7, 11) is 1.68. The van der Waals surface area contributed by atoms with Gasteiger partial charge in [0.15, 0.2) is 0 Å². The van der Waals surface area contributed by atoms with Crippen molar-refractivity contribution < 1.29 is 4.74 Å². The van der Waals surface area contributed by atoms with Gasteiger partial charge in [-0.25, -0.2) is 4.98 Å². The van der Waals surface area contributed by atoms with Crippen molar-refractivity contribution in [2.75, 3.05) is 19.0 Å². The maximum atomic E-state index is 5.20. The number of fused-ring (bicyclic) bond motifs is 1. The van der Waals surface area contributed by atoms with Crippen LogP contribution in [0, 0.1) is 6.92 Å². The van der Waals surface area contributed by atoms with E-state index in [1.54, 1.807) is 11.6 Å². The van der Waals surface area contributed by atoms with Crippen molar-refractivity contribution in [2.45, 2.75) is 26.2 Å². The Kier molecular flexibility index (Phi) is 4.41. The van der Waals surface area contributed by atoms with Crippen molar-refractivity contribution >= 4 is 11.6 Å². The third-order valence-corrected chi connectivity index (χ3v) is 3.95. The summed E-state index contributed by atoms with van der Waals surface area (Å²) in [5.41, 5.74) is 2.24. The number of nitrogens with zero attached hydrogens (tertiary/aromatic N) is 4. The zero-order chi connectivity index (χ0) is 16.2. The highest BCUT2D eigenvalue weighted by atomic mass is 16.5. The smallest absolute Gasteiger partial charge is 0.254 e. The minimum absolute atomic E-state index is 0.461. The predicted molar refractivity (Wildman–Crippen MR) is 90.0 cm³/mol. The van der Waals surface area contributed by atoms with Crippen LogP contribution in [0.2, 0.25) is 0 Å². The topological polar surface area (TPSA) is 64.3 Å². The number of ether oxygens (including phenoxy) is 1. The van der Waals surface area contributed by atoms with E-state index in [0.717, 1.165) is 30.2 Å². The van der Waals surface area contributed by atoms with Gasteiger partial charge in [-0.05, 0) is 37.0 Å². The molecule has 0 spiro atoms. The Bertz CT molecular complexity index is 781. The van der Waals surface area contributed by atoms with Gasteiger partial charge in [-0.2, -0.15) is 14.6 Å². The van der Waals surface area contributed by atoms with Crippen LogP contribution in [0.25, 0.3) is 5.78 Å². The van der Waals surface area contributed by atoms with Crippen molar-refractivity contribution in [1.82, 2.24) is 19.6 Å². The van der Waals surface area contributed by atoms with Gasteiger partial charge in [-0.3, -0.25) is 0 Å². The number of nitrogens with one attached hydrogen (secondary N) is 1. The lowest BCUT2D eigenvalue weighted by atomic mass is 9.98. The molecule has 6 heteroatoms. The van der Waals surface area contributed by atoms with E-state index in [1.807, 2.05) is 25.1 Å². The average Bonchev–Trinajstić information content (AvgIpc) is 3.03. The largest absolute Gasteiger partial charge is 0.497 e. The molecule has 0 aliphatic carbocycles. The van der Waals surface area contributed by atoms with Crippen LogP contribution in [0.1, 0.15) is 30.5 Å². The molecule has 23 heavy (non-hydrogen) atoms. The zero-order valence-electron chi connectivity index (χ0n) is 13.7. The fraction of sp³-hybridized carbons (Fsp3) is 0.353. The first-order valence-corrected chi connectivity index (χ1v) is 7.72. The molecule has 2 heterocycles. The lowest BCUT2D eigenvalue weighted by Crippen LogP contribution is -2.10. The monoisotopic (exact) mass is 311 g/mol. The van der Waals surface area contributed by atoms with Gasteiger partial charge in [0.05, 0.1) is 7.11 Å². The molecule has 0 aliphatic rings. The molecule has 120 valence electrons. The Labute approximate surface area is 135 Å². The van der Waals surface area contributed by atoms with Crippen LogP contribution in [0.5, 0.6) is 5.75 Å². The molecule has 0 radical (unpaired) electrons. The van der Waals surface area contributed by atoms with Crippen LogP contribution in [0.15, 0.2) is 36.7 Å². The summed E-state index contributed by atoms with van der Waals surface area (Å²) in [5.74, 6) is 2.89. The van der Waals surface area contributed by atoms with E-state index in [0.29, 0.717) is 11.7 Å². The lowest BCUT2D eigenvalue weighted by molar-refractivity contribution is 0.414. The number of methoxy groups -OCH3 is 1. The summed E-state index contributed by atoms with van der Waals surface area (Å²) in [6.07, 6.45) is 2.54. The molecule has 2 aromatic heterocycles. The quantitative estimate of drug-likeness (QED) is 0.758. The number of aryl methyl sites for hydroxylation is 1. The minimum atomic E-state index is 0.461. The first-order valence-electron chi connectivity index (χ1n) is 7.72. The van der Waals surface area contributed by atoms with Crippen molar-refractivity contribution in [2.24, 2.45) is 0 Å². The normalized spacial score (nSPS) is 12.3. The highest BCUT2D eigenvalue weighted by Crippen LogP contribution is 2.22. The molecule has 0 amide bonds. The summed E-state index contributed by atoms with van der Waals surface area (Å²) >= 11 is 0. The van der Waals surface area contributed by atoms with Crippen LogP contribution in [0.4, 0.5) is 5.82 Å². The number of hydrogen-bond acceptors (Lipinski definition) is 5. The molecule has 1 unspecified atom stereocenters. The molecule has 0 aliphatic heterocycles. The van der Waals surface area contributed by atoms with Gasteiger partial charge < -0.3 is 10.1 Å². The van der Waals surface area contributed by atoms with E-state index in [-0.39, 0.29) is 0 Å². The molecule has 0 saturated carbocycles. The van der Waals surface area contributed by atoms with Crippen LogP contribution >= 0.6 is 0 Å². The fourth-order valence-electron chi connectivity index (χ4n) is 2.57. The van der Waals surface area contributed by atoms with Crippen molar-refractivity contribution in [1.29, 1.82) is 0 Å². The second-order valence-corrected chi connectivity index (χ2v) is 5.64. The average molecular weight is 311 g/mol. The molecule has 0 saturated heterocycles. The molecule has 6 nitrogen and oxygen atoms in total. The Morgan fingerprint density at radius 1 is 1.26 bits per heavy atom. The summed E-state index contributed by atoms with van der Waals surface area (Å²) < 4.78 is 6.93. The van der Waals surface area contributed by atoms with E-state index in [1.165, 1.54) is 11.9 Å². The van der Waals surface area contributed by atoms with Crippen LogP contribution in [0.3, 0.4) is 0 Å². The molecule has 1 N–H and O–H groups in total. The maximum Gasteiger partial charge on any atom is 0.254 e. The molecule has 3 aromatic rings. The van der Waals surface area contributed by atoms with Gasteiger partial charge in [-0.15, -0.1) is 0 Å². The third kappa shape index (κ3) is 3.41. The van der Waals surface area contributed by atoms with Gasteiger partial charge in [0, 0.05) is 18.3 Å². The molecule has 0 fully saturated rings. The van der Waals surface area contributed by atoms with E-state index in [9.17, 15) is 0 Å². The van der Waals surface area contributed by atoms with Gasteiger partial charge in [0.2, 0.25) is 0 Å². The first-order chi connectivity index (χ1) is 11.2. The second kappa shape index (κ2) is 6.64. The molecular weight excluding hydrogens is 290 g/mol. The SMILES string of the molecule is COc1ccc(C(C)CCNc2cc(C)nc3ncnn23)cc1. The molecule has 1 atom stereocenters. The Morgan fingerprint density at radius 2 is 2.04 bits per heavy atom. The number of aromatic nitrogens is 4. The number of rotatable bonds is 6. The summed E-state index contributed by atoms with van der Waals surface area (Å²) in [6, 6.07) is 10.2. The third-order valence-electron chi connectivity index (χ3n) is 3.95. The van der Waals surface area contributed by atoms with Crippen molar-refractivity contribution in [3.8, 4) is 5.75 Å². The van der Waals surface area contributed by atoms with Gasteiger partial charge in [0.1, 0.15) is 17.9 Å². The lowest BCUT2D eigenvalue weighted by Gasteiger charge is -2.14. The summed E-state index contributed by atoms with van der Waals surface area (Å²) in [6.45, 7) is 5.04. The van der Waals surface area contributed by atoms with Gasteiger partial charge >= 0.3 is 0 Å². The minimum Gasteiger partial charge on any atom is -0.497 e. The zero-order valence-corrected chi connectivity index (χ0v) is 13.7. The number of benzene rings is 1. The maximum absolute atomic E-state index is 5.20. The van der Waals surface area contributed by atoms with E-state index in [2.05, 4.69) is 39.4 Å². The Balaban J connectivity index is 1.62. The molecular formula is C17H21N5O. The molecule has 3 rings (SSSR count). The molecule has 0 bridgehead atoms. The summed E-state index contributed by atoms with van der Waals surface area (Å²) in [5, 5.41) is 7.64.